The number of nitrogens with zero attached hydrogens (tertiary/aromatic N) is 2. The molecule has 7 nitrogen and oxygen atoms in total. The van der Waals surface area contributed by atoms with E-state index in [1.807, 2.05) is 37.3 Å². The standard InChI is InChI=1S/C24H32ClN3O4S/c1-5-14-26-24(30)19(3)27(15-13-20-9-7-6-8-10-20)23(29)17-28(33(4,31)32)22-16-21(25)12-11-18(22)2/h6-12,16,19H,5,13-15,17H2,1-4H3,(H,26,30)/t19-/m0/s1. The van der Waals surface area contributed by atoms with Crippen molar-refractivity contribution in [2.24, 2.45) is 0 Å². The highest BCUT2D eigenvalue weighted by Crippen LogP contribution is 2.26. The van der Waals surface area contributed by atoms with E-state index in [0.717, 1.165) is 22.5 Å². The molecule has 0 fully saturated rings. The van der Waals surface area contributed by atoms with Gasteiger partial charge < -0.3 is 10.2 Å². The summed E-state index contributed by atoms with van der Waals surface area (Å²) in [6.07, 6.45) is 2.35. The number of halogens is 1. The largest absolute Gasteiger partial charge is 0.354 e. The van der Waals surface area contributed by atoms with Gasteiger partial charge in [0.1, 0.15) is 12.6 Å². The summed E-state index contributed by atoms with van der Waals surface area (Å²) in [7, 11) is -3.79. The highest BCUT2D eigenvalue weighted by molar-refractivity contribution is 7.92. The van der Waals surface area contributed by atoms with E-state index in [1.54, 1.807) is 26.0 Å². The molecular formula is C24H32ClN3O4S. The van der Waals surface area contributed by atoms with Crippen molar-refractivity contribution in [1.82, 2.24) is 10.2 Å². The second-order valence-corrected chi connectivity index (χ2v) is 10.3. The molecule has 1 atom stereocenters. The highest BCUT2D eigenvalue weighted by atomic mass is 35.5. The van der Waals surface area contributed by atoms with Crippen LogP contribution in [0.5, 0.6) is 0 Å². The number of anilines is 1. The van der Waals surface area contributed by atoms with Gasteiger partial charge in [-0.2, -0.15) is 0 Å². The maximum absolute atomic E-state index is 13.4. The van der Waals surface area contributed by atoms with Gasteiger partial charge in [-0.25, -0.2) is 8.42 Å². The van der Waals surface area contributed by atoms with Crippen LogP contribution in [0.3, 0.4) is 0 Å². The summed E-state index contributed by atoms with van der Waals surface area (Å²) in [5.74, 6) is -0.738. The van der Waals surface area contributed by atoms with Crippen LogP contribution in [0.25, 0.3) is 0 Å². The fraction of sp³-hybridized carbons (Fsp3) is 0.417. The zero-order valence-electron chi connectivity index (χ0n) is 19.5. The number of aryl methyl sites for hydroxylation is 1. The van der Waals surface area contributed by atoms with Crippen molar-refractivity contribution in [1.29, 1.82) is 0 Å². The first-order chi connectivity index (χ1) is 15.5. The van der Waals surface area contributed by atoms with Gasteiger partial charge in [-0.05, 0) is 49.9 Å². The van der Waals surface area contributed by atoms with Crippen molar-refractivity contribution in [2.75, 3.05) is 30.2 Å². The van der Waals surface area contributed by atoms with Gasteiger partial charge in [-0.3, -0.25) is 13.9 Å². The summed E-state index contributed by atoms with van der Waals surface area (Å²) in [4.78, 5) is 27.5. The Kier molecular flexibility index (Phi) is 9.73. The third kappa shape index (κ3) is 7.75. The quantitative estimate of drug-likeness (QED) is 0.519. The fourth-order valence-electron chi connectivity index (χ4n) is 3.41. The van der Waals surface area contributed by atoms with Crippen molar-refractivity contribution in [2.45, 2.75) is 39.7 Å². The number of amides is 2. The zero-order chi connectivity index (χ0) is 24.6. The van der Waals surface area contributed by atoms with Crippen molar-refractivity contribution in [3.8, 4) is 0 Å². The van der Waals surface area contributed by atoms with E-state index < -0.39 is 28.5 Å². The molecule has 0 aliphatic carbocycles. The number of hydrogen-bond donors (Lipinski definition) is 1. The van der Waals surface area contributed by atoms with Crippen LogP contribution >= 0.6 is 11.6 Å². The van der Waals surface area contributed by atoms with E-state index >= 15 is 0 Å². The molecule has 2 amide bonds. The van der Waals surface area contributed by atoms with Gasteiger partial charge in [0, 0.05) is 18.1 Å². The summed E-state index contributed by atoms with van der Waals surface area (Å²) in [5.41, 5.74) is 2.02. The molecule has 0 heterocycles. The number of rotatable bonds is 11. The SMILES string of the molecule is CCCNC(=O)[C@H](C)N(CCc1ccccc1)C(=O)CN(c1cc(Cl)ccc1C)S(C)(=O)=O. The van der Waals surface area contributed by atoms with Crippen molar-refractivity contribution in [3.05, 3.63) is 64.7 Å². The lowest BCUT2D eigenvalue weighted by atomic mass is 10.1. The monoisotopic (exact) mass is 493 g/mol. The molecule has 9 heteroatoms. The molecule has 0 unspecified atom stereocenters. The first-order valence-electron chi connectivity index (χ1n) is 10.9. The molecule has 33 heavy (non-hydrogen) atoms. The van der Waals surface area contributed by atoms with E-state index in [4.69, 9.17) is 11.6 Å². The molecule has 1 N–H and O–H groups in total. The Labute approximate surface area is 201 Å². The third-order valence-corrected chi connectivity index (χ3v) is 6.68. The van der Waals surface area contributed by atoms with Crippen LogP contribution in [-0.4, -0.2) is 57.1 Å². The van der Waals surface area contributed by atoms with Gasteiger partial charge in [-0.15, -0.1) is 0 Å². The van der Waals surface area contributed by atoms with Crippen molar-refractivity contribution in [3.63, 3.8) is 0 Å². The van der Waals surface area contributed by atoms with Gasteiger partial charge in [0.15, 0.2) is 0 Å². The number of benzene rings is 2. The number of hydrogen-bond acceptors (Lipinski definition) is 4. The molecule has 0 bridgehead atoms. The van der Waals surface area contributed by atoms with Crippen LogP contribution < -0.4 is 9.62 Å². The molecule has 0 aliphatic rings. The lowest BCUT2D eigenvalue weighted by molar-refractivity contribution is -0.138. The zero-order valence-corrected chi connectivity index (χ0v) is 21.1. The second-order valence-electron chi connectivity index (χ2n) is 7.99. The average molecular weight is 494 g/mol. The minimum atomic E-state index is -3.79. The van der Waals surface area contributed by atoms with Crippen molar-refractivity contribution < 1.29 is 18.0 Å². The van der Waals surface area contributed by atoms with Crippen LogP contribution in [0.1, 0.15) is 31.4 Å². The summed E-state index contributed by atoms with van der Waals surface area (Å²) in [6.45, 7) is 5.70. The Bertz CT molecular complexity index is 1060. The lowest BCUT2D eigenvalue weighted by Gasteiger charge is -2.32. The maximum atomic E-state index is 13.4. The first-order valence-corrected chi connectivity index (χ1v) is 13.1. The van der Waals surface area contributed by atoms with Gasteiger partial charge >= 0.3 is 0 Å². The van der Waals surface area contributed by atoms with Crippen LogP contribution in [0, 0.1) is 6.92 Å². The average Bonchev–Trinajstić information content (AvgIpc) is 2.77. The van der Waals surface area contributed by atoms with Crippen molar-refractivity contribution >= 4 is 39.1 Å². The number of carbonyl (C=O) groups is 2. The lowest BCUT2D eigenvalue weighted by Crippen LogP contribution is -2.52. The summed E-state index contributed by atoms with van der Waals surface area (Å²) >= 11 is 6.10. The summed E-state index contributed by atoms with van der Waals surface area (Å²) in [5, 5.41) is 3.18. The van der Waals surface area contributed by atoms with Gasteiger partial charge in [0.25, 0.3) is 0 Å². The Balaban J connectivity index is 2.33. The maximum Gasteiger partial charge on any atom is 0.244 e. The van der Waals surface area contributed by atoms with E-state index in [9.17, 15) is 18.0 Å². The predicted molar refractivity (Wildman–Crippen MR) is 133 cm³/mol. The molecule has 2 aromatic rings. The van der Waals surface area contributed by atoms with Crippen LogP contribution in [0.2, 0.25) is 5.02 Å². The molecule has 2 rings (SSSR count). The van der Waals surface area contributed by atoms with Gasteiger partial charge in [0.2, 0.25) is 21.8 Å². The van der Waals surface area contributed by atoms with Crippen LogP contribution in [0.4, 0.5) is 5.69 Å². The Hall–Kier alpha value is -2.58. The van der Waals surface area contributed by atoms with Gasteiger partial charge in [-0.1, -0.05) is 54.9 Å². The minimum Gasteiger partial charge on any atom is -0.354 e. The number of carbonyl (C=O) groups excluding carboxylic acids is 2. The topological polar surface area (TPSA) is 86.8 Å². The van der Waals surface area contributed by atoms with E-state index in [-0.39, 0.29) is 12.5 Å². The van der Waals surface area contributed by atoms with Crippen LogP contribution in [-0.2, 0) is 26.0 Å². The first kappa shape index (κ1) is 26.7. The predicted octanol–water partition coefficient (Wildman–Crippen LogP) is 3.40. The molecule has 0 saturated heterocycles. The molecule has 0 spiro atoms. The smallest absolute Gasteiger partial charge is 0.244 e. The number of sulfonamides is 1. The molecular weight excluding hydrogens is 462 g/mol. The summed E-state index contributed by atoms with van der Waals surface area (Å²) in [6, 6.07) is 13.8. The molecule has 0 aliphatic heterocycles. The highest BCUT2D eigenvalue weighted by Gasteiger charge is 2.30. The van der Waals surface area contributed by atoms with E-state index in [2.05, 4.69) is 5.32 Å². The molecule has 0 aromatic heterocycles. The molecule has 2 aromatic carbocycles. The Morgan fingerprint density at radius 1 is 1.12 bits per heavy atom. The minimum absolute atomic E-state index is 0.274. The molecule has 180 valence electrons. The Morgan fingerprint density at radius 2 is 1.79 bits per heavy atom. The van der Waals surface area contributed by atoms with E-state index in [0.29, 0.717) is 29.2 Å². The molecule has 0 radical (unpaired) electrons. The van der Waals surface area contributed by atoms with Gasteiger partial charge in [0.05, 0.1) is 11.9 Å². The summed E-state index contributed by atoms with van der Waals surface area (Å²) < 4.78 is 26.3. The van der Waals surface area contributed by atoms with Crippen LogP contribution in [0.15, 0.2) is 48.5 Å². The normalized spacial score (nSPS) is 12.2. The fourth-order valence-corrected chi connectivity index (χ4v) is 4.48. The third-order valence-electron chi connectivity index (χ3n) is 5.32. The Morgan fingerprint density at radius 3 is 2.39 bits per heavy atom. The second kappa shape index (κ2) is 12.0. The van der Waals surface area contributed by atoms with E-state index in [1.165, 1.54) is 11.0 Å². The number of nitrogens with one attached hydrogen (secondary N) is 1. The molecule has 0 saturated carbocycles.